The summed E-state index contributed by atoms with van der Waals surface area (Å²) in [6.07, 6.45) is 0. The van der Waals surface area contributed by atoms with Gasteiger partial charge in [0, 0.05) is 0 Å². The molecular formula is C17H18ClNO3. The number of halogens is 1. The summed E-state index contributed by atoms with van der Waals surface area (Å²) in [4.78, 5) is 17.2. The summed E-state index contributed by atoms with van der Waals surface area (Å²) in [6, 6.07) is 12.7. The van der Waals surface area contributed by atoms with E-state index in [9.17, 15) is 9.90 Å². The first kappa shape index (κ1) is 16.3. The Bertz CT molecular complexity index is 656. The van der Waals surface area contributed by atoms with Crippen LogP contribution in [0.1, 0.15) is 24.2 Å². The van der Waals surface area contributed by atoms with E-state index in [1.165, 1.54) is 0 Å². The Morgan fingerprint density at radius 3 is 2.55 bits per heavy atom. The maximum absolute atomic E-state index is 12.1. The average Bonchev–Trinajstić information content (AvgIpc) is 2.50. The van der Waals surface area contributed by atoms with Crippen LogP contribution in [-0.4, -0.2) is 17.6 Å². The van der Waals surface area contributed by atoms with Gasteiger partial charge in [-0.15, -0.1) is 0 Å². The molecule has 5 heteroatoms. The van der Waals surface area contributed by atoms with E-state index in [0.29, 0.717) is 6.61 Å². The van der Waals surface area contributed by atoms with Gasteiger partial charge in [0.05, 0.1) is 17.2 Å². The molecule has 2 N–H and O–H groups in total. The molecule has 1 amide bonds. The van der Waals surface area contributed by atoms with E-state index in [-0.39, 0.29) is 22.3 Å². The van der Waals surface area contributed by atoms with Gasteiger partial charge in [0.1, 0.15) is 5.75 Å². The molecule has 2 aromatic carbocycles. The molecule has 0 saturated carbocycles. The molecular weight excluding hydrogens is 302 g/mol. The molecule has 22 heavy (non-hydrogen) atoms. The first-order valence-electron chi connectivity index (χ1n) is 6.99. The van der Waals surface area contributed by atoms with Gasteiger partial charge >= 0.3 is 0 Å². The zero-order valence-electron chi connectivity index (χ0n) is 12.5. The molecule has 0 fully saturated rings. The van der Waals surface area contributed by atoms with Crippen molar-refractivity contribution in [1.29, 1.82) is 0 Å². The molecule has 2 aromatic rings. The minimum absolute atomic E-state index is 0.0788. The minimum atomic E-state index is -0.530. The van der Waals surface area contributed by atoms with Crippen LogP contribution in [0.4, 0.5) is 0 Å². The van der Waals surface area contributed by atoms with Crippen LogP contribution in [0.15, 0.2) is 42.5 Å². The largest absolute Gasteiger partial charge is 0.506 e. The summed E-state index contributed by atoms with van der Waals surface area (Å²) in [5, 5.41) is 10.1. The zero-order valence-corrected chi connectivity index (χ0v) is 13.2. The highest BCUT2D eigenvalue weighted by Gasteiger charge is 2.16. The van der Waals surface area contributed by atoms with E-state index in [4.69, 9.17) is 16.4 Å². The van der Waals surface area contributed by atoms with Crippen molar-refractivity contribution < 1.29 is 14.7 Å². The zero-order chi connectivity index (χ0) is 16.1. The van der Waals surface area contributed by atoms with Gasteiger partial charge in [-0.2, -0.15) is 0 Å². The number of hydrogen-bond acceptors (Lipinski definition) is 3. The Morgan fingerprint density at radius 1 is 1.23 bits per heavy atom. The fourth-order valence-electron chi connectivity index (χ4n) is 1.90. The number of phenols is 1. The lowest BCUT2D eigenvalue weighted by molar-refractivity contribution is 0.0207. The normalized spacial score (nSPS) is 10.7. The lowest BCUT2D eigenvalue weighted by atomic mass is 10.0. The molecule has 0 aromatic heterocycles. The Hall–Kier alpha value is -2.04. The second-order valence-corrected chi connectivity index (χ2v) is 5.76. The maximum Gasteiger partial charge on any atom is 0.278 e. The Kier molecular flexibility index (Phi) is 5.41. The van der Waals surface area contributed by atoms with E-state index < -0.39 is 5.91 Å². The third-order valence-electron chi connectivity index (χ3n) is 3.00. The average molecular weight is 320 g/mol. The van der Waals surface area contributed by atoms with Gasteiger partial charge < -0.3 is 5.11 Å². The number of nitrogens with one attached hydrogen (secondary N) is 1. The molecule has 0 atom stereocenters. The lowest BCUT2D eigenvalue weighted by Crippen LogP contribution is -2.25. The molecule has 0 radical (unpaired) electrons. The fourth-order valence-corrected chi connectivity index (χ4v) is 2.12. The third-order valence-corrected chi connectivity index (χ3v) is 3.28. The topological polar surface area (TPSA) is 58.6 Å². The van der Waals surface area contributed by atoms with Crippen LogP contribution >= 0.6 is 11.6 Å². The highest BCUT2D eigenvalue weighted by Crippen LogP contribution is 2.33. The molecule has 0 bridgehead atoms. The Balaban J connectivity index is 2.27. The van der Waals surface area contributed by atoms with Crippen LogP contribution in [0.25, 0.3) is 11.1 Å². The van der Waals surface area contributed by atoms with Crippen LogP contribution in [0.3, 0.4) is 0 Å². The SMILES string of the molecule is CC(C)CONC(=O)c1cc(-c2ccccc2)cc(Cl)c1O. The summed E-state index contributed by atoms with van der Waals surface area (Å²) in [5.74, 6) is -0.502. The van der Waals surface area contributed by atoms with Crippen molar-refractivity contribution in [3.05, 3.63) is 53.1 Å². The second kappa shape index (κ2) is 7.29. The monoisotopic (exact) mass is 319 g/mol. The number of phenolic OH excluding ortho intramolecular Hbond substituents is 1. The van der Waals surface area contributed by atoms with Gasteiger partial charge in [0.15, 0.2) is 0 Å². The number of carbonyl (C=O) groups is 1. The molecule has 0 heterocycles. The van der Waals surface area contributed by atoms with Crippen LogP contribution in [0.2, 0.25) is 5.02 Å². The number of hydroxylamine groups is 1. The van der Waals surface area contributed by atoms with Crippen molar-refractivity contribution >= 4 is 17.5 Å². The van der Waals surface area contributed by atoms with Gasteiger partial charge in [-0.3, -0.25) is 9.63 Å². The van der Waals surface area contributed by atoms with Gasteiger partial charge in [0.2, 0.25) is 0 Å². The van der Waals surface area contributed by atoms with E-state index in [1.54, 1.807) is 12.1 Å². The van der Waals surface area contributed by atoms with Gasteiger partial charge in [-0.05, 0) is 29.2 Å². The summed E-state index contributed by atoms with van der Waals surface area (Å²) >= 11 is 6.03. The van der Waals surface area contributed by atoms with Crippen molar-refractivity contribution in [3.63, 3.8) is 0 Å². The van der Waals surface area contributed by atoms with Crippen LogP contribution in [0, 0.1) is 5.92 Å². The quantitative estimate of drug-likeness (QED) is 0.818. The molecule has 116 valence electrons. The van der Waals surface area contributed by atoms with Crippen molar-refractivity contribution in [2.24, 2.45) is 5.92 Å². The van der Waals surface area contributed by atoms with E-state index in [0.717, 1.165) is 11.1 Å². The predicted molar refractivity (Wildman–Crippen MR) is 86.8 cm³/mol. The number of benzene rings is 2. The maximum atomic E-state index is 12.1. The molecule has 0 aliphatic carbocycles. The summed E-state index contributed by atoms with van der Waals surface area (Å²) in [6.45, 7) is 4.33. The Labute approximate surface area is 134 Å². The van der Waals surface area contributed by atoms with Crippen LogP contribution < -0.4 is 5.48 Å². The number of aromatic hydroxyl groups is 1. The number of rotatable bonds is 5. The standard InChI is InChI=1S/C17H18ClNO3/c1-11(2)10-22-19-17(21)14-8-13(9-15(18)16(14)20)12-6-4-3-5-7-12/h3-9,11,20H,10H2,1-2H3,(H,19,21). The van der Waals surface area contributed by atoms with Gasteiger partial charge in [0.25, 0.3) is 5.91 Å². The van der Waals surface area contributed by atoms with Crippen molar-refractivity contribution in [3.8, 4) is 16.9 Å². The van der Waals surface area contributed by atoms with Gasteiger partial charge in [-0.1, -0.05) is 55.8 Å². The van der Waals surface area contributed by atoms with Crippen molar-refractivity contribution in [1.82, 2.24) is 5.48 Å². The van der Waals surface area contributed by atoms with E-state index in [1.807, 2.05) is 44.2 Å². The third kappa shape index (κ3) is 4.00. The van der Waals surface area contributed by atoms with Gasteiger partial charge in [-0.25, -0.2) is 5.48 Å². The van der Waals surface area contributed by atoms with Crippen LogP contribution in [0.5, 0.6) is 5.75 Å². The smallest absolute Gasteiger partial charge is 0.278 e. The lowest BCUT2D eigenvalue weighted by Gasteiger charge is -2.11. The molecule has 0 unspecified atom stereocenters. The molecule has 2 rings (SSSR count). The Morgan fingerprint density at radius 2 is 1.91 bits per heavy atom. The fraction of sp³-hybridized carbons (Fsp3) is 0.235. The highest BCUT2D eigenvalue weighted by atomic mass is 35.5. The summed E-state index contributed by atoms with van der Waals surface area (Å²) < 4.78 is 0. The molecule has 4 nitrogen and oxygen atoms in total. The van der Waals surface area contributed by atoms with E-state index in [2.05, 4.69) is 5.48 Å². The van der Waals surface area contributed by atoms with Crippen molar-refractivity contribution in [2.75, 3.05) is 6.61 Å². The molecule has 0 aliphatic rings. The molecule has 0 saturated heterocycles. The number of amides is 1. The first-order chi connectivity index (χ1) is 10.5. The summed E-state index contributed by atoms with van der Waals surface area (Å²) in [7, 11) is 0. The number of carbonyl (C=O) groups excluding carboxylic acids is 1. The molecule has 0 spiro atoms. The predicted octanol–water partition coefficient (Wildman–Crippen LogP) is 4.03. The van der Waals surface area contributed by atoms with Crippen molar-refractivity contribution in [2.45, 2.75) is 13.8 Å². The number of hydrogen-bond donors (Lipinski definition) is 2. The summed E-state index contributed by atoms with van der Waals surface area (Å²) in [5.41, 5.74) is 4.05. The van der Waals surface area contributed by atoms with Crippen LogP contribution in [-0.2, 0) is 4.84 Å². The second-order valence-electron chi connectivity index (χ2n) is 5.36. The minimum Gasteiger partial charge on any atom is -0.506 e. The first-order valence-corrected chi connectivity index (χ1v) is 7.37. The highest BCUT2D eigenvalue weighted by molar-refractivity contribution is 6.33. The molecule has 0 aliphatic heterocycles. The van der Waals surface area contributed by atoms with E-state index >= 15 is 0 Å².